The predicted molar refractivity (Wildman–Crippen MR) is 56.9 cm³/mol. The summed E-state index contributed by atoms with van der Waals surface area (Å²) in [5.74, 6) is 0.657. The van der Waals surface area contributed by atoms with Crippen LogP contribution in [0.1, 0.15) is 50.4 Å². The number of aromatic nitrogens is 1. The van der Waals surface area contributed by atoms with Crippen molar-refractivity contribution in [2.75, 3.05) is 0 Å². The van der Waals surface area contributed by atoms with E-state index in [-0.39, 0.29) is 0 Å². The Morgan fingerprint density at radius 1 is 1.31 bits per heavy atom. The maximum atomic E-state index is 4.56. The molecular formula is C12H19N. The number of hydrogen-bond donors (Lipinski definition) is 0. The standard InChI is InChI=1S/C12H19N/c1-4-7-11(5-2)12-9-6-8-10(3)13-12/h6,8-9,11H,4-5,7H2,1-3H3. The molecule has 0 aliphatic heterocycles. The average Bonchev–Trinajstić information content (AvgIpc) is 2.14. The van der Waals surface area contributed by atoms with Crippen LogP contribution in [0, 0.1) is 6.92 Å². The molecule has 0 radical (unpaired) electrons. The highest BCUT2D eigenvalue weighted by Crippen LogP contribution is 2.22. The number of nitrogens with zero attached hydrogens (tertiary/aromatic N) is 1. The fraction of sp³-hybridized carbons (Fsp3) is 0.583. The topological polar surface area (TPSA) is 12.9 Å². The zero-order valence-electron chi connectivity index (χ0n) is 8.88. The minimum absolute atomic E-state index is 0.657. The van der Waals surface area contributed by atoms with Gasteiger partial charge in [0.15, 0.2) is 0 Å². The van der Waals surface area contributed by atoms with Crippen molar-refractivity contribution in [3.63, 3.8) is 0 Å². The van der Waals surface area contributed by atoms with Gasteiger partial charge in [0.25, 0.3) is 0 Å². The molecule has 0 amide bonds. The molecule has 1 heteroatoms. The third-order valence-electron chi connectivity index (χ3n) is 2.46. The Kier molecular flexibility index (Phi) is 3.94. The molecule has 1 aromatic heterocycles. The molecule has 1 rings (SSSR count). The van der Waals surface area contributed by atoms with Crippen molar-refractivity contribution in [1.82, 2.24) is 4.98 Å². The van der Waals surface area contributed by atoms with E-state index < -0.39 is 0 Å². The monoisotopic (exact) mass is 177 g/mol. The Morgan fingerprint density at radius 3 is 2.62 bits per heavy atom. The molecule has 1 heterocycles. The molecule has 0 fully saturated rings. The molecular weight excluding hydrogens is 158 g/mol. The number of hydrogen-bond acceptors (Lipinski definition) is 1. The van der Waals surface area contributed by atoms with Gasteiger partial charge in [0.1, 0.15) is 0 Å². The highest BCUT2D eigenvalue weighted by atomic mass is 14.7. The van der Waals surface area contributed by atoms with E-state index >= 15 is 0 Å². The summed E-state index contributed by atoms with van der Waals surface area (Å²) in [7, 11) is 0. The van der Waals surface area contributed by atoms with Crippen molar-refractivity contribution in [2.45, 2.75) is 46.0 Å². The Hall–Kier alpha value is -0.850. The second kappa shape index (κ2) is 5.00. The van der Waals surface area contributed by atoms with E-state index in [2.05, 4.69) is 44.0 Å². The van der Waals surface area contributed by atoms with Gasteiger partial charge in [-0.05, 0) is 31.9 Å². The zero-order chi connectivity index (χ0) is 9.68. The van der Waals surface area contributed by atoms with Crippen molar-refractivity contribution < 1.29 is 0 Å². The van der Waals surface area contributed by atoms with Crippen molar-refractivity contribution in [2.24, 2.45) is 0 Å². The van der Waals surface area contributed by atoms with Gasteiger partial charge < -0.3 is 0 Å². The molecule has 0 bridgehead atoms. The number of pyridine rings is 1. The molecule has 0 spiro atoms. The molecule has 1 nitrogen and oxygen atoms in total. The van der Waals surface area contributed by atoms with Crippen LogP contribution >= 0.6 is 0 Å². The summed E-state index contributed by atoms with van der Waals surface area (Å²) in [5.41, 5.74) is 2.40. The third-order valence-corrected chi connectivity index (χ3v) is 2.46. The molecule has 0 saturated carbocycles. The van der Waals surface area contributed by atoms with Gasteiger partial charge in [0, 0.05) is 17.3 Å². The first kappa shape index (κ1) is 10.2. The van der Waals surface area contributed by atoms with Crippen LogP contribution in [0.3, 0.4) is 0 Å². The summed E-state index contributed by atoms with van der Waals surface area (Å²) >= 11 is 0. The molecule has 72 valence electrons. The van der Waals surface area contributed by atoms with Gasteiger partial charge in [-0.2, -0.15) is 0 Å². The van der Waals surface area contributed by atoms with Crippen molar-refractivity contribution >= 4 is 0 Å². The Labute approximate surface area is 81.2 Å². The zero-order valence-corrected chi connectivity index (χ0v) is 8.88. The quantitative estimate of drug-likeness (QED) is 0.683. The highest BCUT2D eigenvalue weighted by molar-refractivity contribution is 5.13. The molecule has 13 heavy (non-hydrogen) atoms. The van der Waals surface area contributed by atoms with E-state index in [1.165, 1.54) is 25.0 Å². The van der Waals surface area contributed by atoms with Gasteiger partial charge in [-0.3, -0.25) is 4.98 Å². The first-order valence-corrected chi connectivity index (χ1v) is 5.21. The first-order chi connectivity index (χ1) is 6.27. The number of aryl methyl sites for hydroxylation is 1. The fourth-order valence-corrected chi connectivity index (χ4v) is 1.70. The minimum Gasteiger partial charge on any atom is -0.258 e. The highest BCUT2D eigenvalue weighted by Gasteiger charge is 2.08. The number of rotatable bonds is 4. The van der Waals surface area contributed by atoms with Gasteiger partial charge >= 0.3 is 0 Å². The predicted octanol–water partition coefficient (Wildman–Crippen LogP) is 3.68. The molecule has 1 aromatic rings. The van der Waals surface area contributed by atoms with Crippen LogP contribution in [0.5, 0.6) is 0 Å². The first-order valence-electron chi connectivity index (χ1n) is 5.21. The smallest absolute Gasteiger partial charge is 0.0437 e. The van der Waals surface area contributed by atoms with Crippen LogP contribution in [-0.2, 0) is 0 Å². The van der Waals surface area contributed by atoms with E-state index in [4.69, 9.17) is 0 Å². The average molecular weight is 177 g/mol. The molecule has 1 unspecified atom stereocenters. The fourth-order valence-electron chi connectivity index (χ4n) is 1.70. The van der Waals surface area contributed by atoms with E-state index in [1.54, 1.807) is 0 Å². The largest absolute Gasteiger partial charge is 0.258 e. The van der Waals surface area contributed by atoms with Crippen LogP contribution in [0.15, 0.2) is 18.2 Å². The van der Waals surface area contributed by atoms with Crippen molar-refractivity contribution in [1.29, 1.82) is 0 Å². The lowest BCUT2D eigenvalue weighted by Crippen LogP contribution is -2.00. The Balaban J connectivity index is 2.78. The van der Waals surface area contributed by atoms with Gasteiger partial charge in [-0.1, -0.05) is 26.3 Å². The van der Waals surface area contributed by atoms with Crippen LogP contribution < -0.4 is 0 Å². The maximum absolute atomic E-state index is 4.56. The summed E-state index contributed by atoms with van der Waals surface area (Å²) in [6.07, 6.45) is 3.70. The molecule has 1 atom stereocenters. The SMILES string of the molecule is CCCC(CC)c1cccc(C)n1. The lowest BCUT2D eigenvalue weighted by molar-refractivity contribution is 0.580. The Bertz CT molecular complexity index is 255. The minimum atomic E-state index is 0.657. The van der Waals surface area contributed by atoms with Crippen LogP contribution in [0.2, 0.25) is 0 Å². The molecule has 0 aliphatic rings. The molecule has 0 saturated heterocycles. The summed E-state index contributed by atoms with van der Waals surface area (Å²) in [4.78, 5) is 4.56. The van der Waals surface area contributed by atoms with Crippen LogP contribution in [0.25, 0.3) is 0 Å². The molecule has 0 N–H and O–H groups in total. The van der Waals surface area contributed by atoms with E-state index in [1.807, 2.05) is 0 Å². The van der Waals surface area contributed by atoms with Crippen molar-refractivity contribution in [3.05, 3.63) is 29.6 Å². The second-order valence-corrected chi connectivity index (χ2v) is 3.60. The van der Waals surface area contributed by atoms with E-state index in [0.717, 1.165) is 5.69 Å². The normalized spacial score (nSPS) is 12.8. The van der Waals surface area contributed by atoms with Gasteiger partial charge in [-0.25, -0.2) is 0 Å². The Morgan fingerprint density at radius 2 is 2.08 bits per heavy atom. The van der Waals surface area contributed by atoms with E-state index in [0.29, 0.717) is 5.92 Å². The third kappa shape index (κ3) is 2.83. The summed E-state index contributed by atoms with van der Waals surface area (Å²) in [5, 5.41) is 0. The van der Waals surface area contributed by atoms with E-state index in [9.17, 15) is 0 Å². The van der Waals surface area contributed by atoms with Crippen molar-refractivity contribution in [3.8, 4) is 0 Å². The lowest BCUT2D eigenvalue weighted by atomic mass is 9.96. The summed E-state index contributed by atoms with van der Waals surface area (Å²) < 4.78 is 0. The summed E-state index contributed by atoms with van der Waals surface area (Å²) in [6, 6.07) is 6.31. The van der Waals surface area contributed by atoms with Gasteiger partial charge in [-0.15, -0.1) is 0 Å². The summed E-state index contributed by atoms with van der Waals surface area (Å²) in [6.45, 7) is 6.53. The molecule has 0 aliphatic carbocycles. The van der Waals surface area contributed by atoms with Crippen LogP contribution in [0.4, 0.5) is 0 Å². The van der Waals surface area contributed by atoms with Gasteiger partial charge in [0.05, 0.1) is 0 Å². The maximum Gasteiger partial charge on any atom is 0.0437 e. The molecule has 0 aromatic carbocycles. The lowest BCUT2D eigenvalue weighted by Gasteiger charge is -2.13. The second-order valence-electron chi connectivity index (χ2n) is 3.60. The van der Waals surface area contributed by atoms with Gasteiger partial charge in [0.2, 0.25) is 0 Å². The van der Waals surface area contributed by atoms with Crippen LogP contribution in [-0.4, -0.2) is 4.98 Å².